The molecule has 0 aliphatic carbocycles. The van der Waals surface area contributed by atoms with Crippen LogP contribution in [0, 0.1) is 10.1 Å². The molecule has 0 saturated heterocycles. The monoisotopic (exact) mass is 425 g/mol. The average molecular weight is 426 g/mol. The molecule has 0 aliphatic rings. The van der Waals surface area contributed by atoms with E-state index in [4.69, 9.17) is 0 Å². The molecule has 3 rings (SSSR count). The minimum Gasteiger partial charge on any atom is -0.273 e. The van der Waals surface area contributed by atoms with Crippen molar-refractivity contribution in [2.45, 2.75) is 13.3 Å². The summed E-state index contributed by atoms with van der Waals surface area (Å²) < 4.78 is 0.974. The summed E-state index contributed by atoms with van der Waals surface area (Å²) in [5, 5.41) is 17.0. The van der Waals surface area contributed by atoms with Gasteiger partial charge in [-0.3, -0.25) is 14.9 Å². The van der Waals surface area contributed by atoms with Crippen molar-refractivity contribution in [2.24, 2.45) is 5.10 Å². The highest BCUT2D eigenvalue weighted by molar-refractivity contribution is 9.10. The Morgan fingerprint density at radius 3 is 2.59 bits per heavy atom. The Labute approximate surface area is 164 Å². The maximum Gasteiger partial charge on any atom is 0.270 e. The molecule has 6 nitrogen and oxygen atoms in total. The Morgan fingerprint density at radius 2 is 1.85 bits per heavy atom. The molecule has 0 aromatic heterocycles. The molecule has 0 unspecified atom stereocenters. The van der Waals surface area contributed by atoms with Crippen molar-refractivity contribution >= 4 is 44.0 Å². The molecular weight excluding hydrogens is 410 g/mol. The van der Waals surface area contributed by atoms with Crippen molar-refractivity contribution in [1.29, 1.82) is 0 Å². The molecule has 27 heavy (non-hydrogen) atoms. The van der Waals surface area contributed by atoms with Crippen LogP contribution in [0.15, 0.2) is 70.2 Å². The summed E-state index contributed by atoms with van der Waals surface area (Å²) >= 11 is 3.52. The molecule has 7 heteroatoms. The normalized spacial score (nSPS) is 11.4. The van der Waals surface area contributed by atoms with Crippen LogP contribution in [-0.4, -0.2) is 16.5 Å². The number of nitro benzene ring substituents is 1. The van der Waals surface area contributed by atoms with Crippen LogP contribution >= 0.6 is 15.9 Å². The van der Waals surface area contributed by atoms with E-state index in [9.17, 15) is 14.9 Å². The molecule has 0 atom stereocenters. The van der Waals surface area contributed by atoms with Gasteiger partial charge in [0.15, 0.2) is 0 Å². The maximum absolute atomic E-state index is 12.3. The summed E-state index contributed by atoms with van der Waals surface area (Å²) in [6.07, 6.45) is 0.180. The Kier molecular flexibility index (Phi) is 5.61. The van der Waals surface area contributed by atoms with E-state index in [1.165, 1.54) is 12.1 Å². The zero-order chi connectivity index (χ0) is 19.4. The number of nitrogens with zero attached hydrogens (tertiary/aromatic N) is 2. The summed E-state index contributed by atoms with van der Waals surface area (Å²) in [4.78, 5) is 22.7. The van der Waals surface area contributed by atoms with Gasteiger partial charge in [0, 0.05) is 22.2 Å². The fourth-order valence-electron chi connectivity index (χ4n) is 2.75. The van der Waals surface area contributed by atoms with Crippen molar-refractivity contribution in [3.63, 3.8) is 0 Å². The molecule has 1 amide bonds. The molecule has 0 spiro atoms. The van der Waals surface area contributed by atoms with E-state index in [0.29, 0.717) is 11.3 Å². The summed E-state index contributed by atoms with van der Waals surface area (Å²) in [5.74, 6) is -0.257. The first-order valence-electron chi connectivity index (χ1n) is 8.20. The van der Waals surface area contributed by atoms with Gasteiger partial charge in [0.2, 0.25) is 5.91 Å². The van der Waals surface area contributed by atoms with Gasteiger partial charge in [0.1, 0.15) is 0 Å². The molecule has 0 aliphatic heterocycles. The zero-order valence-corrected chi connectivity index (χ0v) is 16.1. The van der Waals surface area contributed by atoms with E-state index in [1.807, 2.05) is 36.4 Å². The van der Waals surface area contributed by atoms with E-state index >= 15 is 0 Å². The molecule has 3 aromatic rings. The molecule has 0 radical (unpaired) electrons. The number of nitro groups is 1. The van der Waals surface area contributed by atoms with E-state index in [1.54, 1.807) is 19.1 Å². The first-order valence-corrected chi connectivity index (χ1v) is 8.99. The van der Waals surface area contributed by atoms with E-state index in [-0.39, 0.29) is 18.0 Å². The number of hydrogen-bond acceptors (Lipinski definition) is 4. The molecule has 136 valence electrons. The predicted octanol–water partition coefficient (Wildman–Crippen LogP) is 4.59. The van der Waals surface area contributed by atoms with Crippen molar-refractivity contribution < 1.29 is 9.72 Å². The summed E-state index contributed by atoms with van der Waals surface area (Å²) in [6, 6.07) is 17.8. The fraction of sp³-hybridized carbons (Fsp3) is 0.100. The highest BCUT2D eigenvalue weighted by Crippen LogP contribution is 2.27. The molecule has 0 heterocycles. The van der Waals surface area contributed by atoms with Crippen molar-refractivity contribution in [2.75, 3.05) is 0 Å². The molecule has 1 N–H and O–H groups in total. The van der Waals surface area contributed by atoms with E-state index < -0.39 is 4.92 Å². The van der Waals surface area contributed by atoms with Crippen LogP contribution < -0.4 is 5.43 Å². The number of hydrogen-bond donors (Lipinski definition) is 1. The Morgan fingerprint density at radius 1 is 1.11 bits per heavy atom. The molecule has 0 bridgehead atoms. The highest BCUT2D eigenvalue weighted by atomic mass is 79.9. The number of amides is 1. The number of rotatable bonds is 5. The third kappa shape index (κ3) is 4.38. The Hall–Kier alpha value is -3.06. The molecule has 0 saturated carbocycles. The van der Waals surface area contributed by atoms with Gasteiger partial charge in [-0.2, -0.15) is 5.10 Å². The van der Waals surface area contributed by atoms with Crippen LogP contribution in [0.2, 0.25) is 0 Å². The molecule has 0 fully saturated rings. The Balaban J connectivity index is 1.75. The lowest BCUT2D eigenvalue weighted by molar-refractivity contribution is -0.384. The summed E-state index contributed by atoms with van der Waals surface area (Å²) in [5.41, 5.74) is 4.48. The Bertz CT molecular complexity index is 1060. The minimum atomic E-state index is -0.464. The quantitative estimate of drug-likeness (QED) is 0.368. The van der Waals surface area contributed by atoms with Gasteiger partial charge in [-0.1, -0.05) is 58.4 Å². The van der Waals surface area contributed by atoms with Gasteiger partial charge in [0.05, 0.1) is 17.1 Å². The van der Waals surface area contributed by atoms with Gasteiger partial charge in [0.25, 0.3) is 5.69 Å². The van der Waals surface area contributed by atoms with Gasteiger partial charge in [-0.25, -0.2) is 5.43 Å². The lowest BCUT2D eigenvalue weighted by atomic mass is 10.0. The van der Waals surface area contributed by atoms with E-state index in [2.05, 4.69) is 26.5 Å². The van der Waals surface area contributed by atoms with Gasteiger partial charge in [-0.05, 0) is 29.3 Å². The van der Waals surface area contributed by atoms with Crippen LogP contribution in [0.3, 0.4) is 0 Å². The first kappa shape index (κ1) is 18.7. The second-order valence-corrected chi connectivity index (χ2v) is 6.82. The summed E-state index contributed by atoms with van der Waals surface area (Å²) in [6.45, 7) is 1.69. The van der Waals surface area contributed by atoms with Crippen LogP contribution in [0.4, 0.5) is 5.69 Å². The number of halogens is 1. The van der Waals surface area contributed by atoms with Crippen LogP contribution in [0.25, 0.3) is 10.8 Å². The van der Waals surface area contributed by atoms with Gasteiger partial charge >= 0.3 is 0 Å². The van der Waals surface area contributed by atoms with Crippen molar-refractivity contribution in [3.8, 4) is 0 Å². The fourth-order valence-corrected chi connectivity index (χ4v) is 3.22. The number of benzene rings is 3. The average Bonchev–Trinajstić information content (AvgIpc) is 2.68. The third-order valence-electron chi connectivity index (χ3n) is 4.14. The number of carbonyl (C=O) groups is 1. The van der Waals surface area contributed by atoms with E-state index in [0.717, 1.165) is 20.8 Å². The predicted molar refractivity (Wildman–Crippen MR) is 109 cm³/mol. The number of carbonyl (C=O) groups excluding carboxylic acids is 1. The van der Waals surface area contributed by atoms with Gasteiger partial charge < -0.3 is 0 Å². The SMILES string of the molecule is C/C(=N\NC(=O)Cc1ccc(Br)c2ccccc12)c1cccc([N+](=O)[O-])c1. The van der Waals surface area contributed by atoms with Crippen LogP contribution in [-0.2, 0) is 11.2 Å². The lowest BCUT2D eigenvalue weighted by Crippen LogP contribution is -2.21. The minimum absolute atomic E-state index is 0.0188. The number of hydrazone groups is 1. The number of fused-ring (bicyclic) bond motifs is 1. The topological polar surface area (TPSA) is 84.6 Å². The van der Waals surface area contributed by atoms with Gasteiger partial charge in [-0.15, -0.1) is 0 Å². The van der Waals surface area contributed by atoms with Crippen LogP contribution in [0.1, 0.15) is 18.1 Å². The lowest BCUT2D eigenvalue weighted by Gasteiger charge is -2.08. The maximum atomic E-state index is 12.3. The smallest absolute Gasteiger partial charge is 0.270 e. The third-order valence-corrected chi connectivity index (χ3v) is 4.83. The van der Waals surface area contributed by atoms with Crippen molar-refractivity contribution in [3.05, 3.63) is 86.4 Å². The van der Waals surface area contributed by atoms with Crippen molar-refractivity contribution in [1.82, 2.24) is 5.43 Å². The first-order chi connectivity index (χ1) is 13.0. The number of non-ortho nitro benzene ring substituents is 1. The second-order valence-electron chi connectivity index (χ2n) is 5.97. The summed E-state index contributed by atoms with van der Waals surface area (Å²) in [7, 11) is 0. The number of nitrogens with one attached hydrogen (secondary N) is 1. The van der Waals surface area contributed by atoms with Crippen LogP contribution in [0.5, 0.6) is 0 Å². The standard InChI is InChI=1S/C20H16BrN3O3/c1-13(14-5-4-6-16(11-14)24(26)27)22-23-20(25)12-15-9-10-19(21)18-8-3-2-7-17(15)18/h2-11H,12H2,1H3,(H,23,25)/b22-13+. The zero-order valence-electron chi connectivity index (χ0n) is 14.5. The second kappa shape index (κ2) is 8.09. The molecular formula is C20H16BrN3O3. The largest absolute Gasteiger partial charge is 0.273 e. The molecule has 3 aromatic carbocycles. The highest BCUT2D eigenvalue weighted by Gasteiger charge is 2.10.